The zero-order chi connectivity index (χ0) is 14.3. The molecule has 0 aliphatic heterocycles. The predicted molar refractivity (Wildman–Crippen MR) is 79.0 cm³/mol. The fourth-order valence-corrected chi connectivity index (χ4v) is 2.13. The molecule has 2 N–H and O–H groups in total. The molecule has 0 aromatic carbocycles. The van der Waals surface area contributed by atoms with Crippen LogP contribution in [0.2, 0.25) is 0 Å². The van der Waals surface area contributed by atoms with Gasteiger partial charge in [-0.15, -0.1) is 0 Å². The monoisotopic (exact) mass is 265 g/mol. The molecule has 108 valence electrons. The maximum absolute atomic E-state index is 9.92. The van der Waals surface area contributed by atoms with Crippen LogP contribution in [0.15, 0.2) is 24.4 Å². The van der Waals surface area contributed by atoms with Gasteiger partial charge in [-0.25, -0.2) is 0 Å². The summed E-state index contributed by atoms with van der Waals surface area (Å²) >= 11 is 0. The molecule has 0 amide bonds. The molecule has 2 atom stereocenters. The van der Waals surface area contributed by atoms with E-state index >= 15 is 0 Å². The number of hydrogen-bond donors (Lipinski definition) is 2. The molecule has 0 aliphatic carbocycles. The largest absolute Gasteiger partial charge is 0.390 e. The van der Waals surface area contributed by atoms with Crippen LogP contribution in [0.4, 0.5) is 0 Å². The van der Waals surface area contributed by atoms with Gasteiger partial charge in [-0.2, -0.15) is 0 Å². The quantitative estimate of drug-likeness (QED) is 0.751. The summed E-state index contributed by atoms with van der Waals surface area (Å²) in [5.74, 6) is 0.588. The SMILES string of the molecule is CC(C)CC(NCC(O)CN(C)C)c1ccccn1. The first-order chi connectivity index (χ1) is 8.99. The van der Waals surface area contributed by atoms with E-state index in [0.717, 1.165) is 12.1 Å². The summed E-state index contributed by atoms with van der Waals surface area (Å²) in [6.07, 6.45) is 2.49. The van der Waals surface area contributed by atoms with Gasteiger partial charge >= 0.3 is 0 Å². The molecule has 1 aromatic rings. The van der Waals surface area contributed by atoms with Crippen LogP contribution >= 0.6 is 0 Å². The summed E-state index contributed by atoms with van der Waals surface area (Å²) in [6, 6.07) is 6.18. The minimum atomic E-state index is -0.353. The number of nitrogens with one attached hydrogen (secondary N) is 1. The van der Waals surface area contributed by atoms with Crippen LogP contribution in [0.1, 0.15) is 32.0 Å². The smallest absolute Gasteiger partial charge is 0.0791 e. The standard InChI is InChI=1S/C15H27N3O/c1-12(2)9-15(14-7-5-6-8-16-14)17-10-13(19)11-18(3)4/h5-8,12-13,15,17,19H,9-11H2,1-4H3. The molecular formula is C15H27N3O. The molecular weight excluding hydrogens is 238 g/mol. The third kappa shape index (κ3) is 6.66. The minimum absolute atomic E-state index is 0.206. The van der Waals surface area contributed by atoms with E-state index in [1.165, 1.54) is 0 Å². The Bertz CT molecular complexity index is 341. The maximum atomic E-state index is 9.92. The first-order valence-electron chi connectivity index (χ1n) is 6.96. The molecule has 0 saturated heterocycles. The van der Waals surface area contributed by atoms with Crippen molar-refractivity contribution in [2.45, 2.75) is 32.4 Å². The van der Waals surface area contributed by atoms with Crippen LogP contribution in [-0.4, -0.2) is 48.3 Å². The Morgan fingerprint density at radius 1 is 1.32 bits per heavy atom. The van der Waals surface area contributed by atoms with Crippen molar-refractivity contribution in [3.63, 3.8) is 0 Å². The molecule has 19 heavy (non-hydrogen) atoms. The van der Waals surface area contributed by atoms with Crippen LogP contribution in [0, 0.1) is 5.92 Å². The van der Waals surface area contributed by atoms with Crippen molar-refractivity contribution in [2.24, 2.45) is 5.92 Å². The van der Waals surface area contributed by atoms with Crippen molar-refractivity contribution < 1.29 is 5.11 Å². The molecule has 0 radical (unpaired) electrons. The average molecular weight is 265 g/mol. The van der Waals surface area contributed by atoms with E-state index in [0.29, 0.717) is 19.0 Å². The van der Waals surface area contributed by atoms with Gasteiger partial charge in [-0.05, 0) is 38.6 Å². The van der Waals surface area contributed by atoms with Gasteiger partial charge in [-0.3, -0.25) is 4.98 Å². The van der Waals surface area contributed by atoms with Crippen molar-refractivity contribution in [1.29, 1.82) is 0 Å². The van der Waals surface area contributed by atoms with Crippen LogP contribution in [0.25, 0.3) is 0 Å². The predicted octanol–water partition coefficient (Wildman–Crippen LogP) is 1.68. The maximum Gasteiger partial charge on any atom is 0.0791 e. The molecule has 0 spiro atoms. The van der Waals surface area contributed by atoms with E-state index in [1.54, 1.807) is 0 Å². The van der Waals surface area contributed by atoms with Crippen molar-refractivity contribution in [3.8, 4) is 0 Å². The van der Waals surface area contributed by atoms with Crippen LogP contribution in [0.3, 0.4) is 0 Å². The fourth-order valence-electron chi connectivity index (χ4n) is 2.13. The molecule has 4 nitrogen and oxygen atoms in total. The van der Waals surface area contributed by atoms with Crippen molar-refractivity contribution >= 4 is 0 Å². The van der Waals surface area contributed by atoms with E-state index < -0.39 is 0 Å². The summed E-state index contributed by atoms with van der Waals surface area (Å²) in [7, 11) is 3.93. The van der Waals surface area contributed by atoms with Crippen molar-refractivity contribution in [2.75, 3.05) is 27.2 Å². The van der Waals surface area contributed by atoms with Gasteiger partial charge < -0.3 is 15.3 Å². The molecule has 4 heteroatoms. The van der Waals surface area contributed by atoms with E-state index in [-0.39, 0.29) is 12.1 Å². The second kappa shape index (κ2) is 8.25. The fraction of sp³-hybridized carbons (Fsp3) is 0.667. The Morgan fingerprint density at radius 2 is 2.05 bits per heavy atom. The van der Waals surface area contributed by atoms with E-state index in [2.05, 4.69) is 24.1 Å². The number of rotatable bonds is 8. The van der Waals surface area contributed by atoms with E-state index in [1.807, 2.05) is 43.4 Å². The van der Waals surface area contributed by atoms with Gasteiger partial charge in [0, 0.05) is 25.3 Å². The number of aliphatic hydroxyl groups is 1. The number of nitrogens with zero attached hydrogens (tertiary/aromatic N) is 2. The van der Waals surface area contributed by atoms with Gasteiger partial charge in [0.2, 0.25) is 0 Å². The highest BCUT2D eigenvalue weighted by Gasteiger charge is 2.15. The van der Waals surface area contributed by atoms with Crippen molar-refractivity contribution in [3.05, 3.63) is 30.1 Å². The Kier molecular flexibility index (Phi) is 6.99. The Balaban J connectivity index is 2.56. The summed E-state index contributed by atoms with van der Waals surface area (Å²) in [4.78, 5) is 6.41. The lowest BCUT2D eigenvalue weighted by molar-refractivity contribution is 0.130. The zero-order valence-electron chi connectivity index (χ0n) is 12.5. The zero-order valence-corrected chi connectivity index (χ0v) is 12.5. The highest BCUT2D eigenvalue weighted by atomic mass is 16.3. The first kappa shape index (κ1) is 16.1. The Morgan fingerprint density at radius 3 is 2.58 bits per heavy atom. The molecule has 2 unspecified atom stereocenters. The lowest BCUT2D eigenvalue weighted by Gasteiger charge is -2.23. The van der Waals surface area contributed by atoms with Crippen LogP contribution in [0.5, 0.6) is 0 Å². The van der Waals surface area contributed by atoms with Crippen LogP contribution < -0.4 is 5.32 Å². The van der Waals surface area contributed by atoms with Gasteiger partial charge in [0.05, 0.1) is 11.8 Å². The summed E-state index contributed by atoms with van der Waals surface area (Å²) in [5, 5.41) is 13.4. The van der Waals surface area contributed by atoms with E-state index in [4.69, 9.17) is 0 Å². The molecule has 0 bridgehead atoms. The summed E-state index contributed by atoms with van der Waals surface area (Å²) in [6.45, 7) is 5.66. The Labute approximate surface area is 116 Å². The third-order valence-electron chi connectivity index (χ3n) is 2.93. The second-order valence-corrected chi connectivity index (χ2v) is 5.76. The van der Waals surface area contributed by atoms with Gasteiger partial charge in [0.25, 0.3) is 0 Å². The molecule has 0 fully saturated rings. The molecule has 1 aromatic heterocycles. The van der Waals surface area contributed by atoms with Gasteiger partial charge in [0.15, 0.2) is 0 Å². The summed E-state index contributed by atoms with van der Waals surface area (Å²) in [5.41, 5.74) is 1.05. The molecule has 0 saturated carbocycles. The van der Waals surface area contributed by atoms with Crippen LogP contribution in [-0.2, 0) is 0 Å². The lowest BCUT2D eigenvalue weighted by Crippen LogP contribution is -2.37. The second-order valence-electron chi connectivity index (χ2n) is 5.76. The molecule has 1 rings (SSSR count). The van der Waals surface area contributed by atoms with Crippen molar-refractivity contribution in [1.82, 2.24) is 15.2 Å². The Hall–Kier alpha value is -0.970. The number of likely N-dealkylation sites (N-methyl/N-ethyl adjacent to an activating group) is 1. The van der Waals surface area contributed by atoms with Gasteiger partial charge in [0.1, 0.15) is 0 Å². The highest BCUT2D eigenvalue weighted by molar-refractivity contribution is 5.08. The number of hydrogen-bond acceptors (Lipinski definition) is 4. The number of pyridine rings is 1. The average Bonchev–Trinajstić information content (AvgIpc) is 2.34. The first-order valence-corrected chi connectivity index (χ1v) is 6.96. The molecule has 0 aliphatic rings. The highest BCUT2D eigenvalue weighted by Crippen LogP contribution is 2.19. The van der Waals surface area contributed by atoms with E-state index in [9.17, 15) is 5.11 Å². The van der Waals surface area contributed by atoms with Gasteiger partial charge in [-0.1, -0.05) is 19.9 Å². The normalized spacial score (nSPS) is 14.9. The molecule has 1 heterocycles. The topological polar surface area (TPSA) is 48.4 Å². The number of aliphatic hydroxyl groups excluding tert-OH is 1. The third-order valence-corrected chi connectivity index (χ3v) is 2.93. The summed E-state index contributed by atoms with van der Waals surface area (Å²) < 4.78 is 0. The number of aromatic nitrogens is 1. The minimum Gasteiger partial charge on any atom is -0.390 e. The lowest BCUT2D eigenvalue weighted by atomic mass is 10.0.